The molecule has 0 bridgehead atoms. The van der Waals surface area contributed by atoms with Crippen molar-refractivity contribution in [1.29, 1.82) is 0 Å². The zero-order valence-electron chi connectivity index (χ0n) is 16.4. The van der Waals surface area contributed by atoms with Crippen molar-refractivity contribution >= 4 is 5.91 Å². The Morgan fingerprint density at radius 3 is 2.00 bits per heavy atom. The molecule has 1 N–H and O–H groups in total. The summed E-state index contributed by atoms with van der Waals surface area (Å²) in [6.45, 7) is 19.7. The van der Waals surface area contributed by atoms with Crippen molar-refractivity contribution < 1.29 is 9.53 Å². The van der Waals surface area contributed by atoms with Gasteiger partial charge in [0.25, 0.3) is 0 Å². The van der Waals surface area contributed by atoms with Crippen LogP contribution in [0.5, 0.6) is 0 Å². The summed E-state index contributed by atoms with van der Waals surface area (Å²) >= 11 is 0. The van der Waals surface area contributed by atoms with E-state index in [9.17, 15) is 4.79 Å². The quantitative estimate of drug-likeness (QED) is 0.629. The number of hydrogen-bond acceptors (Lipinski definition) is 2. The molecule has 1 atom stereocenters. The minimum Gasteiger partial charge on any atom is -0.375 e. The maximum atomic E-state index is 12.4. The van der Waals surface area contributed by atoms with Crippen LogP contribution >= 0.6 is 0 Å². The highest BCUT2D eigenvalue weighted by molar-refractivity contribution is 5.82. The maximum Gasteiger partial charge on any atom is 0.225 e. The first-order chi connectivity index (χ1) is 9.88. The van der Waals surface area contributed by atoms with Crippen LogP contribution in [0.2, 0.25) is 0 Å². The molecule has 0 fully saturated rings. The molecule has 0 rings (SSSR count). The van der Waals surface area contributed by atoms with Crippen molar-refractivity contribution in [3.05, 3.63) is 0 Å². The molecule has 22 heavy (non-hydrogen) atoms. The summed E-state index contributed by atoms with van der Waals surface area (Å²) in [5, 5.41) is 3.15. The number of carbonyl (C=O) groups excluding carboxylic acids is 1. The van der Waals surface area contributed by atoms with Gasteiger partial charge >= 0.3 is 0 Å². The van der Waals surface area contributed by atoms with Gasteiger partial charge in [0.05, 0.1) is 5.60 Å². The fourth-order valence-corrected chi connectivity index (χ4v) is 1.92. The predicted octanol–water partition coefficient (Wildman–Crippen LogP) is 4.79. The molecule has 0 saturated carbocycles. The van der Waals surface area contributed by atoms with E-state index < -0.39 is 0 Å². The summed E-state index contributed by atoms with van der Waals surface area (Å²) in [6.07, 6.45) is 2.93. The molecule has 0 aliphatic carbocycles. The highest BCUT2D eigenvalue weighted by Crippen LogP contribution is 2.25. The fourth-order valence-electron chi connectivity index (χ4n) is 1.92. The van der Waals surface area contributed by atoms with Gasteiger partial charge in [-0.15, -0.1) is 0 Å². The van der Waals surface area contributed by atoms with E-state index >= 15 is 0 Å². The van der Waals surface area contributed by atoms with E-state index in [0.29, 0.717) is 18.4 Å². The molecule has 0 aliphatic heterocycles. The van der Waals surface area contributed by atoms with Gasteiger partial charge in [-0.25, -0.2) is 0 Å². The molecule has 0 radical (unpaired) electrons. The molecule has 0 aromatic heterocycles. The minimum absolute atomic E-state index is 0.134. The first-order valence-electron chi connectivity index (χ1n) is 8.83. The number of amides is 1. The Morgan fingerprint density at radius 2 is 1.55 bits per heavy atom. The van der Waals surface area contributed by atoms with E-state index in [0.717, 1.165) is 19.3 Å². The molecular weight excluding hydrogens is 274 g/mol. The van der Waals surface area contributed by atoms with Gasteiger partial charge in [-0.05, 0) is 51.9 Å². The Hall–Kier alpha value is -0.570. The lowest BCUT2D eigenvalue weighted by Crippen LogP contribution is -2.43. The van der Waals surface area contributed by atoms with Crippen molar-refractivity contribution in [2.75, 3.05) is 6.61 Å². The third-order valence-electron chi connectivity index (χ3n) is 4.76. The lowest BCUT2D eigenvalue weighted by molar-refractivity contribution is -0.132. The van der Waals surface area contributed by atoms with Crippen molar-refractivity contribution in [2.24, 2.45) is 17.3 Å². The Morgan fingerprint density at radius 1 is 1.00 bits per heavy atom. The summed E-state index contributed by atoms with van der Waals surface area (Å²) in [4.78, 5) is 12.4. The van der Waals surface area contributed by atoms with Crippen LogP contribution in [0.4, 0.5) is 0 Å². The zero-order chi connectivity index (χ0) is 17.6. The lowest BCUT2D eigenvalue weighted by Gasteiger charge is -2.32. The van der Waals surface area contributed by atoms with Gasteiger partial charge in [0.15, 0.2) is 0 Å². The predicted molar refractivity (Wildman–Crippen MR) is 94.9 cm³/mol. The van der Waals surface area contributed by atoms with E-state index in [1.54, 1.807) is 0 Å². The maximum absolute atomic E-state index is 12.4. The Labute approximate surface area is 138 Å². The van der Waals surface area contributed by atoms with Gasteiger partial charge in [-0.1, -0.05) is 41.5 Å². The summed E-state index contributed by atoms with van der Waals surface area (Å²) in [7, 11) is 0. The largest absolute Gasteiger partial charge is 0.375 e. The van der Waals surface area contributed by atoms with Gasteiger partial charge in [-0.3, -0.25) is 4.79 Å². The van der Waals surface area contributed by atoms with Crippen LogP contribution in [0, 0.1) is 17.3 Å². The Balaban J connectivity index is 4.28. The zero-order valence-corrected chi connectivity index (χ0v) is 16.4. The van der Waals surface area contributed by atoms with Gasteiger partial charge in [0.2, 0.25) is 5.91 Å². The van der Waals surface area contributed by atoms with Crippen LogP contribution in [-0.4, -0.2) is 24.2 Å². The third-order valence-corrected chi connectivity index (χ3v) is 4.76. The standard InChI is InChI=1S/C19H39NO2/c1-14(2)10-11-16(5)20-17(21)18(6,7)12-13-22-19(8,9)15(3)4/h14-16H,10-13H2,1-9H3,(H,20,21). The van der Waals surface area contributed by atoms with Gasteiger partial charge in [0.1, 0.15) is 0 Å². The van der Waals surface area contributed by atoms with E-state index in [4.69, 9.17) is 4.74 Å². The molecule has 0 saturated heterocycles. The van der Waals surface area contributed by atoms with Crippen LogP contribution in [-0.2, 0) is 9.53 Å². The van der Waals surface area contributed by atoms with Crippen molar-refractivity contribution in [1.82, 2.24) is 5.32 Å². The van der Waals surface area contributed by atoms with Crippen LogP contribution in [0.25, 0.3) is 0 Å². The molecule has 0 spiro atoms. The molecule has 3 nitrogen and oxygen atoms in total. The summed E-state index contributed by atoms with van der Waals surface area (Å²) in [5.41, 5.74) is -0.531. The molecule has 132 valence electrons. The van der Waals surface area contributed by atoms with E-state index in [1.807, 2.05) is 13.8 Å². The Bertz CT molecular complexity index is 332. The second kappa shape index (κ2) is 8.90. The van der Waals surface area contributed by atoms with Crippen LogP contribution in [0.15, 0.2) is 0 Å². The average molecular weight is 314 g/mol. The van der Waals surface area contributed by atoms with Crippen LogP contribution in [0.3, 0.4) is 0 Å². The van der Waals surface area contributed by atoms with Crippen molar-refractivity contribution in [3.63, 3.8) is 0 Å². The molecule has 1 unspecified atom stereocenters. The highest BCUT2D eigenvalue weighted by atomic mass is 16.5. The second-order valence-electron chi connectivity index (χ2n) is 8.59. The summed E-state index contributed by atoms with van der Waals surface area (Å²) in [5.74, 6) is 1.27. The normalized spacial score (nSPS) is 14.5. The fraction of sp³-hybridized carbons (Fsp3) is 0.947. The highest BCUT2D eigenvalue weighted by Gasteiger charge is 2.30. The monoisotopic (exact) mass is 313 g/mol. The van der Waals surface area contributed by atoms with Gasteiger partial charge in [-0.2, -0.15) is 0 Å². The van der Waals surface area contributed by atoms with E-state index in [-0.39, 0.29) is 23.0 Å². The molecule has 0 aromatic carbocycles. The summed E-state index contributed by atoms with van der Waals surface area (Å²) < 4.78 is 5.98. The molecular formula is C19H39NO2. The van der Waals surface area contributed by atoms with Crippen LogP contribution < -0.4 is 5.32 Å². The number of nitrogens with one attached hydrogen (secondary N) is 1. The van der Waals surface area contributed by atoms with Crippen molar-refractivity contribution in [3.8, 4) is 0 Å². The number of rotatable bonds is 10. The minimum atomic E-state index is -0.390. The Kier molecular flexibility index (Phi) is 8.67. The van der Waals surface area contributed by atoms with E-state index in [1.165, 1.54) is 0 Å². The molecule has 0 aliphatic rings. The molecule has 1 amide bonds. The third kappa shape index (κ3) is 8.17. The lowest BCUT2D eigenvalue weighted by atomic mass is 9.87. The SMILES string of the molecule is CC(C)CCC(C)NC(=O)C(C)(C)CCOC(C)(C)C(C)C. The van der Waals surface area contributed by atoms with E-state index in [2.05, 4.69) is 53.8 Å². The number of carbonyl (C=O) groups is 1. The average Bonchev–Trinajstić information content (AvgIpc) is 2.35. The molecule has 0 heterocycles. The smallest absolute Gasteiger partial charge is 0.225 e. The molecule has 3 heteroatoms. The molecule has 0 aromatic rings. The first kappa shape index (κ1) is 21.4. The number of ether oxygens (including phenoxy) is 1. The van der Waals surface area contributed by atoms with Gasteiger partial charge in [0, 0.05) is 18.1 Å². The first-order valence-corrected chi connectivity index (χ1v) is 8.83. The number of hydrogen-bond donors (Lipinski definition) is 1. The van der Waals surface area contributed by atoms with Gasteiger partial charge < -0.3 is 10.1 Å². The topological polar surface area (TPSA) is 38.3 Å². The van der Waals surface area contributed by atoms with Crippen molar-refractivity contribution in [2.45, 2.75) is 93.2 Å². The second-order valence-corrected chi connectivity index (χ2v) is 8.59. The van der Waals surface area contributed by atoms with Crippen LogP contribution in [0.1, 0.15) is 81.6 Å². The summed E-state index contributed by atoms with van der Waals surface area (Å²) in [6, 6.07) is 0.238.